The van der Waals surface area contributed by atoms with Crippen molar-refractivity contribution in [3.63, 3.8) is 0 Å². The van der Waals surface area contributed by atoms with Gasteiger partial charge in [-0.15, -0.1) is 0 Å². The molecule has 0 aliphatic rings. The lowest BCUT2D eigenvalue weighted by molar-refractivity contribution is 0.0953. The van der Waals surface area contributed by atoms with Crippen molar-refractivity contribution in [1.29, 1.82) is 0 Å². The number of aromatic nitrogens is 2. The quantitative estimate of drug-likeness (QED) is 0.676. The summed E-state index contributed by atoms with van der Waals surface area (Å²) in [6.07, 6.45) is 1.44. The topological polar surface area (TPSA) is 102 Å². The molecule has 0 saturated heterocycles. The van der Waals surface area contributed by atoms with Gasteiger partial charge in [-0.25, -0.2) is 8.42 Å². The minimum absolute atomic E-state index is 0.0969. The molecular formula is C18H16ClN3O4S. The Morgan fingerprint density at radius 2 is 1.93 bits per heavy atom. The maximum atomic E-state index is 12.2. The zero-order valence-electron chi connectivity index (χ0n) is 14.3. The van der Waals surface area contributed by atoms with E-state index in [0.29, 0.717) is 23.2 Å². The van der Waals surface area contributed by atoms with E-state index < -0.39 is 9.84 Å². The van der Waals surface area contributed by atoms with Crippen LogP contribution in [-0.2, 0) is 16.3 Å². The summed E-state index contributed by atoms with van der Waals surface area (Å²) in [5.74, 6) is 0.442. The number of hydrogen-bond acceptors (Lipinski definition) is 6. The lowest BCUT2D eigenvalue weighted by Crippen LogP contribution is -2.25. The highest BCUT2D eigenvalue weighted by molar-refractivity contribution is 7.90. The van der Waals surface area contributed by atoms with Crippen LogP contribution in [0.15, 0.2) is 57.9 Å². The van der Waals surface area contributed by atoms with Gasteiger partial charge < -0.3 is 9.84 Å². The number of nitrogens with one attached hydrogen (secondary N) is 1. The fraction of sp³-hybridized carbons (Fsp3) is 0.167. The van der Waals surface area contributed by atoms with Crippen molar-refractivity contribution >= 4 is 27.3 Å². The van der Waals surface area contributed by atoms with Crippen LogP contribution in [0.2, 0.25) is 5.02 Å². The van der Waals surface area contributed by atoms with Gasteiger partial charge >= 0.3 is 0 Å². The van der Waals surface area contributed by atoms with Crippen LogP contribution >= 0.6 is 11.6 Å². The number of sulfone groups is 1. The second-order valence-corrected chi connectivity index (χ2v) is 8.28. The fourth-order valence-electron chi connectivity index (χ4n) is 2.33. The van der Waals surface area contributed by atoms with Crippen molar-refractivity contribution in [1.82, 2.24) is 15.5 Å². The molecule has 9 heteroatoms. The van der Waals surface area contributed by atoms with E-state index in [-0.39, 0.29) is 22.9 Å². The van der Waals surface area contributed by atoms with Crippen LogP contribution in [0.1, 0.15) is 16.2 Å². The number of halogens is 1. The van der Waals surface area contributed by atoms with E-state index in [1.165, 1.54) is 18.2 Å². The maximum Gasteiger partial charge on any atom is 0.251 e. The van der Waals surface area contributed by atoms with Gasteiger partial charge in [0.2, 0.25) is 11.7 Å². The first-order valence-corrected chi connectivity index (χ1v) is 10.3. The number of carbonyl (C=O) groups is 1. The molecule has 0 atom stereocenters. The highest BCUT2D eigenvalue weighted by Crippen LogP contribution is 2.18. The van der Waals surface area contributed by atoms with E-state index in [9.17, 15) is 13.2 Å². The molecule has 1 aromatic heterocycles. The van der Waals surface area contributed by atoms with Crippen LogP contribution in [0, 0.1) is 0 Å². The predicted molar refractivity (Wildman–Crippen MR) is 100 cm³/mol. The Balaban J connectivity index is 1.59. The molecule has 7 nitrogen and oxygen atoms in total. The first-order valence-electron chi connectivity index (χ1n) is 8.00. The van der Waals surface area contributed by atoms with E-state index >= 15 is 0 Å². The minimum Gasteiger partial charge on any atom is -0.352 e. The standard InChI is InChI=1S/C18H16ClN3O4S/c1-27(24,25)15-4-2-3-13(11-15)18(23)20-10-9-16-21-17(22-26-16)12-5-7-14(19)8-6-12/h2-8,11H,9-10H2,1H3,(H,20,23). The van der Waals surface area contributed by atoms with Crippen LogP contribution in [0.5, 0.6) is 0 Å². The van der Waals surface area contributed by atoms with E-state index in [1.807, 2.05) is 0 Å². The largest absolute Gasteiger partial charge is 0.352 e. The normalized spacial score (nSPS) is 11.3. The average molecular weight is 406 g/mol. The minimum atomic E-state index is -3.37. The summed E-state index contributed by atoms with van der Waals surface area (Å²) in [6, 6.07) is 12.9. The Labute approximate surface area is 161 Å². The molecule has 1 N–H and O–H groups in total. The number of carbonyl (C=O) groups excluding carboxylic acids is 1. The van der Waals surface area contributed by atoms with Crippen molar-refractivity contribution in [2.24, 2.45) is 0 Å². The number of hydrogen-bond donors (Lipinski definition) is 1. The van der Waals surface area contributed by atoms with Crippen LogP contribution in [-0.4, -0.2) is 37.3 Å². The summed E-state index contributed by atoms with van der Waals surface area (Å²) < 4.78 is 28.3. The van der Waals surface area contributed by atoms with Gasteiger partial charge in [0.25, 0.3) is 5.91 Å². The molecule has 0 unspecified atom stereocenters. The molecule has 0 radical (unpaired) electrons. The Morgan fingerprint density at radius 1 is 1.19 bits per heavy atom. The van der Waals surface area contributed by atoms with E-state index in [4.69, 9.17) is 16.1 Å². The summed E-state index contributed by atoms with van der Waals surface area (Å²) in [7, 11) is -3.37. The smallest absolute Gasteiger partial charge is 0.251 e. The van der Waals surface area contributed by atoms with Gasteiger partial charge in [0.15, 0.2) is 9.84 Å². The Morgan fingerprint density at radius 3 is 2.63 bits per heavy atom. The lowest BCUT2D eigenvalue weighted by Gasteiger charge is -2.05. The van der Waals surface area contributed by atoms with Gasteiger partial charge in [-0.3, -0.25) is 4.79 Å². The van der Waals surface area contributed by atoms with E-state index in [0.717, 1.165) is 11.8 Å². The predicted octanol–water partition coefficient (Wildman–Crippen LogP) is 2.77. The zero-order chi connectivity index (χ0) is 19.4. The van der Waals surface area contributed by atoms with Gasteiger partial charge in [0.1, 0.15) is 0 Å². The maximum absolute atomic E-state index is 12.2. The van der Waals surface area contributed by atoms with E-state index in [1.54, 1.807) is 30.3 Å². The first kappa shape index (κ1) is 19.1. The summed E-state index contributed by atoms with van der Waals surface area (Å²) in [5.41, 5.74) is 1.04. The highest BCUT2D eigenvalue weighted by Gasteiger charge is 2.12. The molecule has 1 amide bonds. The zero-order valence-corrected chi connectivity index (χ0v) is 15.9. The van der Waals surface area contributed by atoms with Crippen molar-refractivity contribution in [2.45, 2.75) is 11.3 Å². The first-order chi connectivity index (χ1) is 12.8. The molecule has 2 aromatic carbocycles. The SMILES string of the molecule is CS(=O)(=O)c1cccc(C(=O)NCCc2nc(-c3ccc(Cl)cc3)no2)c1. The third kappa shape index (κ3) is 4.93. The summed E-state index contributed by atoms with van der Waals surface area (Å²) in [4.78, 5) is 16.6. The van der Waals surface area contributed by atoms with Crippen molar-refractivity contribution in [2.75, 3.05) is 12.8 Å². The van der Waals surface area contributed by atoms with Gasteiger partial charge in [-0.05, 0) is 42.5 Å². The monoisotopic (exact) mass is 405 g/mol. The molecule has 0 saturated carbocycles. The number of amides is 1. The third-order valence-electron chi connectivity index (χ3n) is 3.72. The van der Waals surface area contributed by atoms with Crippen LogP contribution in [0.4, 0.5) is 0 Å². The second kappa shape index (κ2) is 7.89. The van der Waals surface area contributed by atoms with Crippen LogP contribution in [0.3, 0.4) is 0 Å². The molecule has 1 heterocycles. The fourth-order valence-corrected chi connectivity index (χ4v) is 3.12. The Bertz CT molecular complexity index is 1060. The van der Waals surface area contributed by atoms with Crippen molar-refractivity contribution < 1.29 is 17.7 Å². The molecule has 0 spiro atoms. The molecule has 3 rings (SSSR count). The Kier molecular flexibility index (Phi) is 5.57. The van der Waals surface area contributed by atoms with Crippen LogP contribution < -0.4 is 5.32 Å². The van der Waals surface area contributed by atoms with Crippen molar-refractivity contribution in [3.05, 3.63) is 65.0 Å². The van der Waals surface area contributed by atoms with Crippen LogP contribution in [0.25, 0.3) is 11.4 Å². The molecule has 0 bridgehead atoms. The van der Waals surface area contributed by atoms with Gasteiger partial charge in [-0.2, -0.15) is 4.98 Å². The summed E-state index contributed by atoms with van der Waals surface area (Å²) >= 11 is 5.85. The highest BCUT2D eigenvalue weighted by atomic mass is 35.5. The molecule has 0 fully saturated rings. The lowest BCUT2D eigenvalue weighted by atomic mass is 10.2. The van der Waals surface area contributed by atoms with Gasteiger partial charge in [0.05, 0.1) is 4.90 Å². The van der Waals surface area contributed by atoms with Gasteiger partial charge in [0, 0.05) is 35.4 Å². The summed E-state index contributed by atoms with van der Waals surface area (Å²) in [5, 5.41) is 7.22. The molecule has 3 aromatic rings. The average Bonchev–Trinajstić information content (AvgIpc) is 3.10. The number of benzene rings is 2. The number of nitrogens with zero attached hydrogens (tertiary/aromatic N) is 2. The van der Waals surface area contributed by atoms with Gasteiger partial charge in [-0.1, -0.05) is 22.8 Å². The molecule has 27 heavy (non-hydrogen) atoms. The molecule has 0 aliphatic heterocycles. The Hall–Kier alpha value is -2.71. The number of rotatable bonds is 6. The molecular weight excluding hydrogens is 390 g/mol. The molecule has 140 valence electrons. The van der Waals surface area contributed by atoms with Crippen molar-refractivity contribution in [3.8, 4) is 11.4 Å². The second-order valence-electron chi connectivity index (χ2n) is 5.82. The summed E-state index contributed by atoms with van der Waals surface area (Å²) in [6.45, 7) is 0.268. The van der Waals surface area contributed by atoms with E-state index in [2.05, 4.69) is 15.5 Å². The molecule has 0 aliphatic carbocycles. The third-order valence-corrected chi connectivity index (χ3v) is 5.08.